The highest BCUT2D eigenvalue weighted by Crippen LogP contribution is 2.23. The lowest BCUT2D eigenvalue weighted by Gasteiger charge is -2.40. The number of carbonyl (C=O) groups is 1. The fourth-order valence-corrected chi connectivity index (χ4v) is 10.3. The van der Waals surface area contributed by atoms with Crippen LogP contribution in [0.4, 0.5) is 0 Å². The van der Waals surface area contributed by atoms with E-state index in [9.17, 15) is 30.3 Å². The molecule has 9 nitrogen and oxygen atoms in total. The third-order valence-corrected chi connectivity index (χ3v) is 15.3. The van der Waals surface area contributed by atoms with Crippen molar-refractivity contribution in [3.05, 3.63) is 24.3 Å². The van der Waals surface area contributed by atoms with Gasteiger partial charge in [-0.05, 0) is 32.1 Å². The molecule has 0 aromatic carbocycles. The first-order valence-electron chi connectivity index (χ1n) is 31.6. The Kier molecular flexibility index (Phi) is 50.6. The second kappa shape index (κ2) is 53.1. The fraction of sp³-hybridized carbons (Fsp3) is 0.921. The Morgan fingerprint density at radius 1 is 0.458 bits per heavy atom. The average Bonchev–Trinajstić information content (AvgIpc) is 3.38. The van der Waals surface area contributed by atoms with Crippen LogP contribution in [0.5, 0.6) is 0 Å². The Hall–Kier alpha value is -1.33. The van der Waals surface area contributed by atoms with E-state index >= 15 is 0 Å². The molecule has 7 unspecified atom stereocenters. The molecule has 0 bridgehead atoms. The number of carbonyl (C=O) groups excluding carboxylic acids is 1. The van der Waals surface area contributed by atoms with E-state index in [1.54, 1.807) is 6.08 Å². The summed E-state index contributed by atoms with van der Waals surface area (Å²) in [5.74, 6) is -0.183. The van der Waals surface area contributed by atoms with Crippen molar-refractivity contribution in [2.75, 3.05) is 13.2 Å². The van der Waals surface area contributed by atoms with Crippen LogP contribution in [0, 0.1) is 0 Å². The molecule has 1 rings (SSSR count). The van der Waals surface area contributed by atoms with E-state index in [4.69, 9.17) is 9.47 Å². The molecule has 72 heavy (non-hydrogen) atoms. The van der Waals surface area contributed by atoms with Gasteiger partial charge >= 0.3 is 0 Å². The molecule has 0 spiro atoms. The van der Waals surface area contributed by atoms with Crippen LogP contribution in [-0.4, -0.2) is 87.5 Å². The van der Waals surface area contributed by atoms with Crippen molar-refractivity contribution < 1.29 is 39.8 Å². The summed E-state index contributed by atoms with van der Waals surface area (Å²) in [6.45, 7) is 3.75. The topological polar surface area (TPSA) is 149 Å². The largest absolute Gasteiger partial charge is 0.394 e. The number of amides is 1. The summed E-state index contributed by atoms with van der Waals surface area (Å²) >= 11 is 0. The SMILES string of the molecule is CCCCCC/C=C/CC/C=C/C(O)C(COC1OC(CO)C(O)C(O)C1O)NC(=O)CCCCCCCCCCCCCCCCCCCCCCCCCCCCCCCCCCCCCCCCC. The number of hydrogen-bond acceptors (Lipinski definition) is 8. The monoisotopic (exact) mass is 1020 g/mol. The molecule has 0 aliphatic carbocycles. The van der Waals surface area contributed by atoms with Crippen LogP contribution >= 0.6 is 0 Å². The van der Waals surface area contributed by atoms with Gasteiger partial charge in [-0.15, -0.1) is 0 Å². The Morgan fingerprint density at radius 3 is 1.17 bits per heavy atom. The Labute approximate surface area is 445 Å². The molecule has 1 aliphatic heterocycles. The average molecular weight is 1020 g/mol. The van der Waals surface area contributed by atoms with Crippen LogP contribution in [0.25, 0.3) is 0 Å². The summed E-state index contributed by atoms with van der Waals surface area (Å²) in [4.78, 5) is 13.0. The summed E-state index contributed by atoms with van der Waals surface area (Å²) < 4.78 is 11.2. The van der Waals surface area contributed by atoms with E-state index in [1.165, 1.54) is 257 Å². The molecule has 1 amide bonds. The number of unbranched alkanes of at least 4 members (excludes halogenated alkanes) is 43. The van der Waals surface area contributed by atoms with E-state index < -0.39 is 49.5 Å². The van der Waals surface area contributed by atoms with Crippen molar-refractivity contribution >= 4 is 5.91 Å². The molecule has 1 aliphatic rings. The molecule has 0 radical (unpaired) electrons. The van der Waals surface area contributed by atoms with Gasteiger partial charge in [0.2, 0.25) is 5.91 Å². The first-order valence-corrected chi connectivity index (χ1v) is 31.6. The number of aliphatic hydroxyl groups excluding tert-OH is 5. The minimum absolute atomic E-state index is 0.183. The summed E-state index contributed by atoms with van der Waals surface area (Å²) in [6.07, 6.45) is 61.8. The van der Waals surface area contributed by atoms with Crippen molar-refractivity contribution in [2.24, 2.45) is 0 Å². The molecule has 0 aromatic rings. The van der Waals surface area contributed by atoms with Crippen molar-refractivity contribution in [1.82, 2.24) is 5.32 Å². The number of allylic oxidation sites excluding steroid dienone is 3. The number of aliphatic hydroxyl groups is 5. The van der Waals surface area contributed by atoms with Crippen LogP contribution in [0.3, 0.4) is 0 Å². The highest BCUT2D eigenvalue weighted by atomic mass is 16.7. The molecule has 1 saturated heterocycles. The second-order valence-corrected chi connectivity index (χ2v) is 22.2. The summed E-state index contributed by atoms with van der Waals surface area (Å²) in [7, 11) is 0. The zero-order valence-electron chi connectivity index (χ0n) is 47.5. The van der Waals surface area contributed by atoms with Gasteiger partial charge in [-0.1, -0.05) is 301 Å². The molecule has 7 atom stereocenters. The van der Waals surface area contributed by atoms with Crippen molar-refractivity contribution in [2.45, 2.75) is 358 Å². The fourth-order valence-electron chi connectivity index (χ4n) is 10.3. The molecule has 6 N–H and O–H groups in total. The van der Waals surface area contributed by atoms with Gasteiger partial charge in [0.15, 0.2) is 6.29 Å². The number of hydrogen-bond donors (Lipinski definition) is 6. The molecule has 0 aromatic heterocycles. The maximum Gasteiger partial charge on any atom is 0.220 e. The third-order valence-electron chi connectivity index (χ3n) is 15.3. The van der Waals surface area contributed by atoms with Gasteiger partial charge in [-0.2, -0.15) is 0 Å². The van der Waals surface area contributed by atoms with Gasteiger partial charge in [0, 0.05) is 6.42 Å². The summed E-state index contributed by atoms with van der Waals surface area (Å²) in [5, 5.41) is 54.3. The van der Waals surface area contributed by atoms with Gasteiger partial charge in [0.05, 0.1) is 25.4 Å². The van der Waals surface area contributed by atoms with E-state index in [0.717, 1.165) is 38.5 Å². The van der Waals surface area contributed by atoms with Crippen molar-refractivity contribution in [1.29, 1.82) is 0 Å². The molecular weight excluding hydrogens is 899 g/mol. The molecular formula is C63H121NO8. The predicted molar refractivity (Wildman–Crippen MR) is 304 cm³/mol. The van der Waals surface area contributed by atoms with E-state index in [-0.39, 0.29) is 12.5 Å². The van der Waals surface area contributed by atoms with Crippen LogP contribution in [0.2, 0.25) is 0 Å². The zero-order chi connectivity index (χ0) is 52.2. The zero-order valence-corrected chi connectivity index (χ0v) is 47.5. The third kappa shape index (κ3) is 41.9. The summed E-state index contributed by atoms with van der Waals surface area (Å²) in [5.41, 5.74) is 0. The molecule has 426 valence electrons. The van der Waals surface area contributed by atoms with Gasteiger partial charge in [-0.3, -0.25) is 4.79 Å². The standard InChI is InChI=1S/C63H121NO8/c1-3-5-7-9-11-13-15-16-17-18-19-20-21-22-23-24-25-26-27-28-29-30-31-32-33-34-35-36-37-38-39-40-41-42-43-45-47-49-51-53-59(67)64-56(55-71-63-62(70)61(69)60(68)58(54-65)72-63)57(66)52-50-48-46-44-14-12-10-8-6-4-2/h14,44,50,52,56-58,60-63,65-66,68-70H,3-13,15-43,45-49,51,53-55H2,1-2H3,(H,64,67)/b44-14+,52-50+. The van der Waals surface area contributed by atoms with Gasteiger partial charge in [-0.25, -0.2) is 0 Å². The quantitative estimate of drug-likeness (QED) is 0.0261. The predicted octanol–water partition coefficient (Wildman–Crippen LogP) is 16.1. The highest BCUT2D eigenvalue weighted by molar-refractivity contribution is 5.76. The maximum atomic E-state index is 13.0. The Balaban J connectivity index is 1.98. The van der Waals surface area contributed by atoms with E-state index in [1.807, 2.05) is 6.08 Å². The lowest BCUT2D eigenvalue weighted by Crippen LogP contribution is -2.60. The van der Waals surface area contributed by atoms with Crippen LogP contribution in [-0.2, 0) is 14.3 Å². The number of rotatable bonds is 55. The second-order valence-electron chi connectivity index (χ2n) is 22.2. The number of nitrogens with one attached hydrogen (secondary N) is 1. The first-order chi connectivity index (χ1) is 35.3. The van der Waals surface area contributed by atoms with Crippen LogP contribution in [0.1, 0.15) is 316 Å². The normalized spacial score (nSPS) is 19.2. The van der Waals surface area contributed by atoms with Crippen LogP contribution in [0.15, 0.2) is 24.3 Å². The van der Waals surface area contributed by atoms with Crippen molar-refractivity contribution in [3.63, 3.8) is 0 Å². The Bertz CT molecular complexity index is 1180. The first kappa shape index (κ1) is 68.7. The van der Waals surface area contributed by atoms with Gasteiger partial charge in [0.1, 0.15) is 24.4 Å². The summed E-state index contributed by atoms with van der Waals surface area (Å²) in [6, 6.07) is -0.817. The van der Waals surface area contributed by atoms with Gasteiger partial charge < -0.3 is 40.3 Å². The molecule has 0 saturated carbocycles. The number of ether oxygens (including phenoxy) is 2. The van der Waals surface area contributed by atoms with E-state index in [2.05, 4.69) is 31.3 Å². The minimum atomic E-state index is -1.57. The lowest BCUT2D eigenvalue weighted by atomic mass is 9.99. The minimum Gasteiger partial charge on any atom is -0.394 e. The van der Waals surface area contributed by atoms with Gasteiger partial charge in [0.25, 0.3) is 0 Å². The smallest absolute Gasteiger partial charge is 0.220 e. The highest BCUT2D eigenvalue weighted by Gasteiger charge is 2.44. The maximum absolute atomic E-state index is 13.0. The van der Waals surface area contributed by atoms with Crippen molar-refractivity contribution in [3.8, 4) is 0 Å². The van der Waals surface area contributed by atoms with Crippen LogP contribution < -0.4 is 5.32 Å². The lowest BCUT2D eigenvalue weighted by molar-refractivity contribution is -0.302. The molecule has 9 heteroatoms. The van der Waals surface area contributed by atoms with E-state index in [0.29, 0.717) is 6.42 Å². The Morgan fingerprint density at radius 2 is 0.792 bits per heavy atom. The molecule has 1 fully saturated rings. The molecule has 1 heterocycles.